The summed E-state index contributed by atoms with van der Waals surface area (Å²) in [5.74, 6) is 0.149. The van der Waals surface area contributed by atoms with Crippen molar-refractivity contribution in [1.82, 2.24) is 0 Å². The highest BCUT2D eigenvalue weighted by molar-refractivity contribution is 6.04. The molecule has 0 bridgehead atoms. The molecular formula is C11H15NO3. The number of oxime groups is 1. The Balaban J connectivity index is 2.48. The van der Waals surface area contributed by atoms with Gasteiger partial charge >= 0.3 is 0 Å². The van der Waals surface area contributed by atoms with Gasteiger partial charge in [-0.05, 0) is 24.2 Å². The largest absolute Gasteiger partial charge is 0.294 e. The summed E-state index contributed by atoms with van der Waals surface area (Å²) in [5, 5.41) is 3.74. The number of allylic oxidation sites excluding steroid dienone is 4. The Morgan fingerprint density at radius 2 is 2.27 bits per heavy atom. The molecule has 0 atom stereocenters. The van der Waals surface area contributed by atoms with Gasteiger partial charge in [0, 0.05) is 18.4 Å². The maximum absolute atomic E-state index is 11.3. The predicted molar refractivity (Wildman–Crippen MR) is 57.3 cm³/mol. The van der Waals surface area contributed by atoms with Gasteiger partial charge in [-0.25, -0.2) is 4.99 Å². The second-order valence-corrected chi connectivity index (χ2v) is 3.04. The lowest BCUT2D eigenvalue weighted by atomic mass is 10.0. The molecule has 0 amide bonds. The van der Waals surface area contributed by atoms with Crippen LogP contribution in [-0.4, -0.2) is 18.1 Å². The molecule has 0 unspecified atom stereocenters. The molecule has 0 saturated heterocycles. The minimum absolute atomic E-state index is 0.149. The van der Waals surface area contributed by atoms with E-state index in [0.717, 1.165) is 11.3 Å². The number of hydrogen-bond donors (Lipinski definition) is 0. The average Bonchev–Trinajstić information content (AvgIpc) is 2.29. The average molecular weight is 209 g/mol. The van der Waals surface area contributed by atoms with E-state index in [0.29, 0.717) is 19.4 Å². The minimum Gasteiger partial charge on any atom is -0.294 e. The summed E-state index contributed by atoms with van der Waals surface area (Å²) in [5.41, 5.74) is 1.49. The Morgan fingerprint density at radius 3 is 2.80 bits per heavy atom. The lowest BCUT2D eigenvalue weighted by molar-refractivity contribution is -0.292. The van der Waals surface area contributed by atoms with Gasteiger partial charge in [0.1, 0.15) is 0 Å². The topological polar surface area (TPSA) is 47.9 Å². The Morgan fingerprint density at radius 1 is 1.47 bits per heavy atom. The van der Waals surface area contributed by atoms with Crippen molar-refractivity contribution in [2.75, 3.05) is 6.61 Å². The fourth-order valence-electron chi connectivity index (χ4n) is 1.14. The molecule has 15 heavy (non-hydrogen) atoms. The normalized spacial score (nSPS) is 17.7. The van der Waals surface area contributed by atoms with E-state index in [9.17, 15) is 4.79 Å². The first-order chi connectivity index (χ1) is 7.27. The molecule has 0 aromatic rings. The third-order valence-electron chi connectivity index (χ3n) is 1.95. The first-order valence-electron chi connectivity index (χ1n) is 5.04. The van der Waals surface area contributed by atoms with Crippen molar-refractivity contribution >= 4 is 11.5 Å². The van der Waals surface area contributed by atoms with E-state index < -0.39 is 0 Å². The maximum Gasteiger partial charge on any atom is 0.162 e. The molecule has 0 aliphatic heterocycles. The summed E-state index contributed by atoms with van der Waals surface area (Å²) in [6.45, 7) is 4.11. The van der Waals surface area contributed by atoms with E-state index in [2.05, 4.69) is 15.0 Å². The molecule has 0 fully saturated rings. The number of Topliss-reactive ketones (excluding diaryl/α,β-unsaturated/α-hetero) is 1. The van der Waals surface area contributed by atoms with Gasteiger partial charge < -0.3 is 0 Å². The molecule has 0 saturated carbocycles. The molecule has 0 N–H and O–H groups in total. The second kappa shape index (κ2) is 6.14. The van der Waals surface area contributed by atoms with Crippen molar-refractivity contribution in [3.8, 4) is 0 Å². The zero-order chi connectivity index (χ0) is 11.1. The van der Waals surface area contributed by atoms with E-state index in [1.165, 1.54) is 0 Å². The monoisotopic (exact) mass is 209 g/mol. The minimum atomic E-state index is 0.149. The van der Waals surface area contributed by atoms with Crippen molar-refractivity contribution in [3.05, 3.63) is 23.8 Å². The van der Waals surface area contributed by atoms with Crippen LogP contribution in [0.5, 0.6) is 0 Å². The highest BCUT2D eigenvalue weighted by Crippen LogP contribution is 2.11. The van der Waals surface area contributed by atoms with Gasteiger partial charge in [0.25, 0.3) is 0 Å². The number of nitrogens with zero attached hydrogens (tertiary/aromatic N) is 1. The fraction of sp³-hybridized carbons (Fsp3) is 0.455. The highest BCUT2D eigenvalue weighted by Gasteiger charge is 2.08. The van der Waals surface area contributed by atoms with Crippen LogP contribution in [0.15, 0.2) is 29.0 Å². The van der Waals surface area contributed by atoms with Crippen LogP contribution < -0.4 is 0 Å². The van der Waals surface area contributed by atoms with Gasteiger partial charge in [-0.3, -0.25) is 4.79 Å². The van der Waals surface area contributed by atoms with Gasteiger partial charge in [-0.2, -0.15) is 4.89 Å². The molecule has 0 heterocycles. The third-order valence-corrected chi connectivity index (χ3v) is 1.95. The quantitative estimate of drug-likeness (QED) is 0.396. The SMILES string of the molecule is CCOON=C1C=CC(C(=O)CC)=CC1. The summed E-state index contributed by atoms with van der Waals surface area (Å²) >= 11 is 0. The first kappa shape index (κ1) is 11.7. The molecule has 0 radical (unpaired) electrons. The van der Waals surface area contributed by atoms with Crippen LogP contribution in [0.1, 0.15) is 26.7 Å². The summed E-state index contributed by atoms with van der Waals surface area (Å²) in [4.78, 5) is 20.5. The predicted octanol–water partition coefficient (Wildman–Crippen LogP) is 2.18. The zero-order valence-electron chi connectivity index (χ0n) is 9.03. The summed E-state index contributed by atoms with van der Waals surface area (Å²) in [6, 6.07) is 0. The second-order valence-electron chi connectivity index (χ2n) is 3.04. The Labute approximate surface area is 89.2 Å². The molecule has 82 valence electrons. The number of ketones is 1. The molecule has 1 rings (SSSR count). The molecule has 4 nitrogen and oxygen atoms in total. The molecule has 0 aromatic heterocycles. The first-order valence-corrected chi connectivity index (χ1v) is 5.04. The molecule has 0 spiro atoms. The lowest BCUT2D eigenvalue weighted by Gasteiger charge is -2.05. The Hall–Kier alpha value is -1.42. The van der Waals surface area contributed by atoms with Gasteiger partial charge in [-0.15, -0.1) is 0 Å². The Bertz CT molecular complexity index is 316. The van der Waals surface area contributed by atoms with Crippen LogP contribution >= 0.6 is 0 Å². The van der Waals surface area contributed by atoms with E-state index in [1.54, 1.807) is 12.2 Å². The van der Waals surface area contributed by atoms with Gasteiger partial charge in [0.15, 0.2) is 5.78 Å². The van der Waals surface area contributed by atoms with Crippen molar-refractivity contribution < 1.29 is 14.7 Å². The molecular weight excluding hydrogens is 194 g/mol. The van der Waals surface area contributed by atoms with E-state index >= 15 is 0 Å². The lowest BCUT2D eigenvalue weighted by Crippen LogP contribution is -2.05. The van der Waals surface area contributed by atoms with Crippen molar-refractivity contribution in [2.45, 2.75) is 26.7 Å². The van der Waals surface area contributed by atoms with Crippen LogP contribution in [0.3, 0.4) is 0 Å². The molecule has 1 aliphatic carbocycles. The van der Waals surface area contributed by atoms with Crippen LogP contribution in [0.25, 0.3) is 0 Å². The highest BCUT2D eigenvalue weighted by atomic mass is 17.3. The Kier molecular flexibility index (Phi) is 4.77. The summed E-state index contributed by atoms with van der Waals surface area (Å²) in [7, 11) is 0. The third kappa shape index (κ3) is 3.67. The number of rotatable bonds is 5. The number of carbonyl (C=O) groups excluding carboxylic acids is 1. The standard InChI is InChI=1S/C11H15NO3/c1-3-11(13)9-5-7-10(8-6-9)12-15-14-4-2/h5-7H,3-4,8H2,1-2H3. The fourth-order valence-corrected chi connectivity index (χ4v) is 1.14. The van der Waals surface area contributed by atoms with Gasteiger partial charge in [0.2, 0.25) is 0 Å². The van der Waals surface area contributed by atoms with Gasteiger partial charge in [-0.1, -0.05) is 13.0 Å². The van der Waals surface area contributed by atoms with Crippen molar-refractivity contribution in [2.24, 2.45) is 5.16 Å². The smallest absolute Gasteiger partial charge is 0.162 e. The van der Waals surface area contributed by atoms with Crippen LogP contribution in [-0.2, 0) is 14.7 Å². The van der Waals surface area contributed by atoms with E-state index in [4.69, 9.17) is 0 Å². The zero-order valence-corrected chi connectivity index (χ0v) is 9.03. The molecule has 1 aliphatic rings. The van der Waals surface area contributed by atoms with Crippen molar-refractivity contribution in [1.29, 1.82) is 0 Å². The molecule has 0 aromatic carbocycles. The van der Waals surface area contributed by atoms with Crippen LogP contribution in [0, 0.1) is 0 Å². The van der Waals surface area contributed by atoms with Crippen LogP contribution in [0.2, 0.25) is 0 Å². The maximum atomic E-state index is 11.3. The van der Waals surface area contributed by atoms with Gasteiger partial charge in [0.05, 0.1) is 12.3 Å². The summed E-state index contributed by atoms with van der Waals surface area (Å²) < 4.78 is 0. The van der Waals surface area contributed by atoms with Crippen LogP contribution in [0.4, 0.5) is 0 Å². The molecule has 4 heteroatoms. The van der Waals surface area contributed by atoms with E-state index in [-0.39, 0.29) is 5.78 Å². The van der Waals surface area contributed by atoms with Crippen molar-refractivity contribution in [3.63, 3.8) is 0 Å². The summed E-state index contributed by atoms with van der Waals surface area (Å²) in [6.07, 6.45) is 6.49. The number of carbonyl (C=O) groups is 1. The number of hydrogen-bond acceptors (Lipinski definition) is 4. The van der Waals surface area contributed by atoms with E-state index in [1.807, 2.05) is 19.9 Å².